The number of morpholine rings is 1. The standard InChI is InChI=1S/C23H31N3O2/c1-18-5-8-22(9-6-18)26-19(2)17-21(20(26)3)7-10-23(27)24-11-4-12-25-13-15-28-16-14-25/h5-10,17H,4,11-16H2,1-3H3,(H,24,27)/b10-7+. The van der Waals surface area contributed by atoms with Gasteiger partial charge < -0.3 is 14.6 Å². The number of carbonyl (C=O) groups is 1. The molecular formula is C23H31N3O2. The predicted octanol–water partition coefficient (Wildman–Crippen LogP) is 3.25. The van der Waals surface area contributed by atoms with Gasteiger partial charge >= 0.3 is 0 Å². The number of hydrogen-bond donors (Lipinski definition) is 1. The molecule has 2 aromatic rings. The molecule has 0 saturated carbocycles. The van der Waals surface area contributed by atoms with Crippen molar-refractivity contribution in [3.63, 3.8) is 0 Å². The van der Waals surface area contributed by atoms with Crippen LogP contribution in [0.1, 0.15) is 28.9 Å². The van der Waals surface area contributed by atoms with Crippen molar-refractivity contribution in [2.75, 3.05) is 39.4 Å². The van der Waals surface area contributed by atoms with Gasteiger partial charge in [-0.3, -0.25) is 9.69 Å². The summed E-state index contributed by atoms with van der Waals surface area (Å²) in [5, 5.41) is 2.98. The zero-order valence-electron chi connectivity index (χ0n) is 17.2. The van der Waals surface area contributed by atoms with Crippen molar-refractivity contribution in [3.05, 3.63) is 58.9 Å². The highest BCUT2D eigenvalue weighted by atomic mass is 16.5. The lowest BCUT2D eigenvalue weighted by atomic mass is 10.2. The third-order valence-electron chi connectivity index (χ3n) is 5.23. The Hall–Kier alpha value is -2.37. The highest BCUT2D eigenvalue weighted by Crippen LogP contribution is 2.22. The van der Waals surface area contributed by atoms with Crippen LogP contribution >= 0.6 is 0 Å². The Kier molecular flexibility index (Phi) is 7.06. The van der Waals surface area contributed by atoms with E-state index >= 15 is 0 Å². The summed E-state index contributed by atoms with van der Waals surface area (Å²) in [4.78, 5) is 14.5. The lowest BCUT2D eigenvalue weighted by Crippen LogP contribution is -2.38. The first-order valence-corrected chi connectivity index (χ1v) is 10.1. The third-order valence-corrected chi connectivity index (χ3v) is 5.23. The third kappa shape index (κ3) is 5.33. The highest BCUT2D eigenvalue weighted by Gasteiger charge is 2.10. The van der Waals surface area contributed by atoms with Crippen molar-refractivity contribution in [2.45, 2.75) is 27.2 Å². The van der Waals surface area contributed by atoms with Gasteiger partial charge in [0, 0.05) is 42.8 Å². The maximum atomic E-state index is 12.1. The number of rotatable bonds is 7. The molecule has 0 radical (unpaired) electrons. The van der Waals surface area contributed by atoms with Crippen LogP contribution in [0, 0.1) is 20.8 Å². The Balaban J connectivity index is 1.53. The second-order valence-electron chi connectivity index (χ2n) is 7.43. The van der Waals surface area contributed by atoms with Crippen molar-refractivity contribution >= 4 is 12.0 Å². The van der Waals surface area contributed by atoms with E-state index in [0.717, 1.165) is 61.9 Å². The van der Waals surface area contributed by atoms with E-state index in [1.54, 1.807) is 6.08 Å². The second kappa shape index (κ2) is 9.71. The molecule has 1 fully saturated rings. The lowest BCUT2D eigenvalue weighted by molar-refractivity contribution is -0.116. The van der Waals surface area contributed by atoms with E-state index in [4.69, 9.17) is 4.74 Å². The number of carbonyl (C=O) groups excluding carboxylic acids is 1. The van der Waals surface area contributed by atoms with E-state index in [2.05, 4.69) is 65.9 Å². The average Bonchev–Trinajstić information content (AvgIpc) is 2.98. The summed E-state index contributed by atoms with van der Waals surface area (Å²) in [7, 11) is 0. The fourth-order valence-electron chi connectivity index (χ4n) is 3.61. The van der Waals surface area contributed by atoms with Crippen molar-refractivity contribution in [2.24, 2.45) is 0 Å². The van der Waals surface area contributed by atoms with Crippen LogP contribution in [-0.2, 0) is 9.53 Å². The van der Waals surface area contributed by atoms with Crippen LogP contribution in [0.4, 0.5) is 0 Å². The van der Waals surface area contributed by atoms with Crippen molar-refractivity contribution in [3.8, 4) is 5.69 Å². The molecule has 1 aromatic heterocycles. The molecule has 1 aliphatic heterocycles. The van der Waals surface area contributed by atoms with Gasteiger partial charge in [0.2, 0.25) is 5.91 Å². The molecule has 2 heterocycles. The fourth-order valence-corrected chi connectivity index (χ4v) is 3.61. The van der Waals surface area contributed by atoms with Crippen LogP contribution in [0.25, 0.3) is 11.8 Å². The molecule has 0 unspecified atom stereocenters. The van der Waals surface area contributed by atoms with Gasteiger partial charge in [-0.05, 0) is 63.6 Å². The quantitative estimate of drug-likeness (QED) is 0.592. The van der Waals surface area contributed by atoms with Gasteiger partial charge in [0.15, 0.2) is 0 Å². The number of nitrogens with one attached hydrogen (secondary N) is 1. The number of aromatic nitrogens is 1. The molecule has 3 rings (SSSR count). The molecule has 1 amide bonds. The summed E-state index contributed by atoms with van der Waals surface area (Å²) >= 11 is 0. The SMILES string of the molecule is Cc1ccc(-n2c(C)cc(/C=C/C(=O)NCCCN3CCOCC3)c2C)cc1. The van der Waals surface area contributed by atoms with Crippen LogP contribution in [0.2, 0.25) is 0 Å². The van der Waals surface area contributed by atoms with Gasteiger partial charge in [0.1, 0.15) is 0 Å². The fraction of sp³-hybridized carbons (Fsp3) is 0.435. The van der Waals surface area contributed by atoms with Crippen molar-refractivity contribution in [1.82, 2.24) is 14.8 Å². The second-order valence-corrected chi connectivity index (χ2v) is 7.43. The molecular weight excluding hydrogens is 350 g/mol. The Morgan fingerprint density at radius 3 is 2.57 bits per heavy atom. The monoisotopic (exact) mass is 381 g/mol. The van der Waals surface area contributed by atoms with Gasteiger partial charge in [-0.2, -0.15) is 0 Å². The molecule has 1 N–H and O–H groups in total. The molecule has 1 aliphatic rings. The molecule has 5 nitrogen and oxygen atoms in total. The summed E-state index contributed by atoms with van der Waals surface area (Å²) < 4.78 is 7.57. The number of nitrogens with zero attached hydrogens (tertiary/aromatic N) is 2. The minimum Gasteiger partial charge on any atom is -0.379 e. The van der Waals surface area contributed by atoms with Crippen LogP contribution in [0.3, 0.4) is 0 Å². The smallest absolute Gasteiger partial charge is 0.244 e. The molecule has 0 atom stereocenters. The number of benzene rings is 1. The van der Waals surface area contributed by atoms with Crippen molar-refractivity contribution in [1.29, 1.82) is 0 Å². The molecule has 1 saturated heterocycles. The van der Waals surface area contributed by atoms with E-state index < -0.39 is 0 Å². The van der Waals surface area contributed by atoms with E-state index in [1.165, 1.54) is 5.56 Å². The van der Waals surface area contributed by atoms with Gasteiger partial charge in [0.25, 0.3) is 0 Å². The highest BCUT2D eigenvalue weighted by molar-refractivity contribution is 5.91. The minimum atomic E-state index is -0.0397. The number of hydrogen-bond acceptors (Lipinski definition) is 3. The van der Waals surface area contributed by atoms with E-state index in [-0.39, 0.29) is 5.91 Å². The molecule has 0 aliphatic carbocycles. The Morgan fingerprint density at radius 1 is 1.14 bits per heavy atom. The molecule has 0 bridgehead atoms. The number of aryl methyl sites for hydroxylation is 2. The number of ether oxygens (including phenoxy) is 1. The first-order chi connectivity index (χ1) is 13.5. The first-order valence-electron chi connectivity index (χ1n) is 10.1. The zero-order chi connectivity index (χ0) is 19.9. The van der Waals surface area contributed by atoms with Crippen molar-refractivity contribution < 1.29 is 9.53 Å². The van der Waals surface area contributed by atoms with E-state index in [1.807, 2.05) is 6.08 Å². The Bertz CT molecular complexity index is 815. The van der Waals surface area contributed by atoms with Gasteiger partial charge in [-0.25, -0.2) is 0 Å². The minimum absolute atomic E-state index is 0.0397. The topological polar surface area (TPSA) is 46.5 Å². The molecule has 0 spiro atoms. The Labute approximate surface area is 168 Å². The number of amides is 1. The van der Waals surface area contributed by atoms with Crippen LogP contribution in [0.15, 0.2) is 36.4 Å². The van der Waals surface area contributed by atoms with Gasteiger partial charge in [-0.15, -0.1) is 0 Å². The summed E-state index contributed by atoms with van der Waals surface area (Å²) in [5.74, 6) is -0.0397. The van der Waals surface area contributed by atoms with Gasteiger partial charge in [0.05, 0.1) is 13.2 Å². The van der Waals surface area contributed by atoms with Crippen LogP contribution in [-0.4, -0.2) is 54.8 Å². The summed E-state index contributed by atoms with van der Waals surface area (Å²) in [6.45, 7) is 11.6. The zero-order valence-corrected chi connectivity index (χ0v) is 17.2. The molecule has 1 aromatic carbocycles. The lowest BCUT2D eigenvalue weighted by Gasteiger charge is -2.26. The molecule has 5 heteroatoms. The first kappa shape index (κ1) is 20.4. The largest absolute Gasteiger partial charge is 0.379 e. The van der Waals surface area contributed by atoms with Crippen LogP contribution < -0.4 is 5.32 Å². The van der Waals surface area contributed by atoms with Gasteiger partial charge in [-0.1, -0.05) is 17.7 Å². The molecule has 28 heavy (non-hydrogen) atoms. The normalized spacial score (nSPS) is 15.2. The summed E-state index contributed by atoms with van der Waals surface area (Å²) in [6.07, 6.45) is 4.50. The molecule has 150 valence electrons. The maximum absolute atomic E-state index is 12.1. The summed E-state index contributed by atoms with van der Waals surface area (Å²) in [5.41, 5.74) is 5.76. The average molecular weight is 382 g/mol. The Morgan fingerprint density at radius 2 is 1.86 bits per heavy atom. The summed E-state index contributed by atoms with van der Waals surface area (Å²) in [6, 6.07) is 10.6. The maximum Gasteiger partial charge on any atom is 0.244 e. The van der Waals surface area contributed by atoms with E-state index in [0.29, 0.717) is 6.54 Å². The van der Waals surface area contributed by atoms with Crippen LogP contribution in [0.5, 0.6) is 0 Å². The van der Waals surface area contributed by atoms with E-state index in [9.17, 15) is 4.79 Å². The predicted molar refractivity (Wildman–Crippen MR) is 114 cm³/mol.